The Balaban J connectivity index is 1.93. The normalized spacial score (nSPS) is 21.8. The molecule has 2 rings (SSSR count). The summed E-state index contributed by atoms with van der Waals surface area (Å²) in [5.41, 5.74) is 0. The first-order valence-electron chi connectivity index (χ1n) is 5.03. The van der Waals surface area contributed by atoms with E-state index in [4.69, 9.17) is 9.63 Å². The van der Waals surface area contributed by atoms with E-state index in [2.05, 4.69) is 10.1 Å². The molecule has 0 aliphatic carbocycles. The summed E-state index contributed by atoms with van der Waals surface area (Å²) >= 11 is 3.84. The van der Waals surface area contributed by atoms with Crippen LogP contribution in [0.4, 0.5) is 0 Å². The molecule has 0 bridgehead atoms. The van der Waals surface area contributed by atoms with Gasteiger partial charge in [0.1, 0.15) is 0 Å². The highest BCUT2D eigenvalue weighted by molar-refractivity contribution is 8.06. The van der Waals surface area contributed by atoms with Crippen molar-refractivity contribution in [3.63, 3.8) is 0 Å². The predicted octanol–water partition coefficient (Wildman–Crippen LogP) is 1.52. The molecule has 0 aromatic carbocycles. The largest absolute Gasteiger partial charge is 0.396 e. The molecule has 1 aliphatic heterocycles. The number of nitrogens with zero attached hydrogens (tertiary/aromatic N) is 2. The maximum Gasteiger partial charge on any atom is 0.226 e. The van der Waals surface area contributed by atoms with Crippen LogP contribution in [0, 0.1) is 0 Å². The minimum absolute atomic E-state index is 0.172. The van der Waals surface area contributed by atoms with Crippen LogP contribution in [0.5, 0.6) is 0 Å². The van der Waals surface area contributed by atoms with Crippen molar-refractivity contribution in [2.45, 2.75) is 18.1 Å². The second-order valence-corrected chi connectivity index (χ2v) is 5.77. The molecule has 1 unspecified atom stereocenters. The Kier molecular flexibility index (Phi) is 4.34. The van der Waals surface area contributed by atoms with Gasteiger partial charge in [-0.05, 0) is 6.42 Å². The van der Waals surface area contributed by atoms with Gasteiger partial charge in [-0.2, -0.15) is 16.7 Å². The molecule has 1 aliphatic rings. The van der Waals surface area contributed by atoms with E-state index in [1.807, 2.05) is 23.5 Å². The van der Waals surface area contributed by atoms with E-state index >= 15 is 0 Å². The van der Waals surface area contributed by atoms with Gasteiger partial charge in [0, 0.05) is 30.3 Å². The van der Waals surface area contributed by atoms with Gasteiger partial charge in [0.2, 0.25) is 5.89 Å². The van der Waals surface area contributed by atoms with Crippen LogP contribution >= 0.6 is 23.5 Å². The quantitative estimate of drug-likeness (QED) is 0.869. The Labute approximate surface area is 97.2 Å². The van der Waals surface area contributed by atoms with E-state index in [9.17, 15) is 0 Å². The molecular formula is C9H14N2O2S2. The average molecular weight is 246 g/mol. The third kappa shape index (κ3) is 3.12. The summed E-state index contributed by atoms with van der Waals surface area (Å²) in [6.45, 7) is 0.172. The standard InChI is InChI=1S/C9H14N2O2S2/c12-3-1-2-8-10-9(11-13-8)7-6-14-4-5-15-7/h7,12H,1-6H2. The highest BCUT2D eigenvalue weighted by Crippen LogP contribution is 2.35. The summed E-state index contributed by atoms with van der Waals surface area (Å²) in [7, 11) is 0. The molecule has 2 heterocycles. The van der Waals surface area contributed by atoms with E-state index in [0.29, 0.717) is 24.0 Å². The first kappa shape index (κ1) is 11.3. The predicted molar refractivity (Wildman–Crippen MR) is 62.2 cm³/mol. The lowest BCUT2D eigenvalue weighted by molar-refractivity contribution is 0.278. The molecule has 1 aromatic rings. The van der Waals surface area contributed by atoms with Crippen molar-refractivity contribution in [2.75, 3.05) is 23.9 Å². The van der Waals surface area contributed by atoms with Crippen molar-refractivity contribution in [1.29, 1.82) is 0 Å². The minimum atomic E-state index is 0.172. The lowest BCUT2D eigenvalue weighted by Gasteiger charge is -2.16. The van der Waals surface area contributed by atoms with Crippen LogP contribution in [0.1, 0.15) is 23.4 Å². The molecule has 0 saturated carbocycles. The smallest absolute Gasteiger partial charge is 0.226 e. The fourth-order valence-electron chi connectivity index (χ4n) is 1.37. The van der Waals surface area contributed by atoms with Gasteiger partial charge in [0.15, 0.2) is 5.82 Å². The lowest BCUT2D eigenvalue weighted by Crippen LogP contribution is -2.08. The highest BCUT2D eigenvalue weighted by Gasteiger charge is 2.21. The van der Waals surface area contributed by atoms with Gasteiger partial charge in [-0.3, -0.25) is 0 Å². The van der Waals surface area contributed by atoms with Crippen molar-refractivity contribution >= 4 is 23.5 Å². The third-order valence-electron chi connectivity index (χ3n) is 2.14. The van der Waals surface area contributed by atoms with Gasteiger partial charge in [-0.25, -0.2) is 0 Å². The zero-order chi connectivity index (χ0) is 10.5. The van der Waals surface area contributed by atoms with Crippen LogP contribution < -0.4 is 0 Å². The van der Waals surface area contributed by atoms with Crippen LogP contribution in [-0.4, -0.2) is 39.1 Å². The number of rotatable bonds is 4. The Morgan fingerprint density at radius 1 is 1.47 bits per heavy atom. The van der Waals surface area contributed by atoms with E-state index in [0.717, 1.165) is 17.3 Å². The van der Waals surface area contributed by atoms with Crippen molar-refractivity contribution in [3.8, 4) is 0 Å². The van der Waals surface area contributed by atoms with Crippen LogP contribution in [0.25, 0.3) is 0 Å². The Morgan fingerprint density at radius 2 is 2.40 bits per heavy atom. The molecule has 1 atom stereocenters. The minimum Gasteiger partial charge on any atom is -0.396 e. The number of aromatic nitrogens is 2. The molecule has 1 fully saturated rings. The molecule has 1 aromatic heterocycles. The van der Waals surface area contributed by atoms with Crippen LogP contribution in [0.3, 0.4) is 0 Å². The fraction of sp³-hybridized carbons (Fsp3) is 0.778. The van der Waals surface area contributed by atoms with Crippen molar-refractivity contribution in [2.24, 2.45) is 0 Å². The highest BCUT2D eigenvalue weighted by atomic mass is 32.2. The average Bonchev–Trinajstić information content (AvgIpc) is 2.76. The summed E-state index contributed by atoms with van der Waals surface area (Å²) < 4.78 is 5.13. The molecule has 4 nitrogen and oxygen atoms in total. The second-order valence-electron chi connectivity index (χ2n) is 3.31. The monoisotopic (exact) mass is 246 g/mol. The van der Waals surface area contributed by atoms with Gasteiger partial charge in [-0.1, -0.05) is 5.16 Å². The molecule has 1 N–H and O–H groups in total. The van der Waals surface area contributed by atoms with E-state index < -0.39 is 0 Å². The molecule has 1 saturated heterocycles. The van der Waals surface area contributed by atoms with Crippen molar-refractivity contribution in [3.05, 3.63) is 11.7 Å². The van der Waals surface area contributed by atoms with Crippen LogP contribution in [-0.2, 0) is 6.42 Å². The number of aryl methyl sites for hydroxylation is 1. The maximum atomic E-state index is 8.69. The summed E-state index contributed by atoms with van der Waals surface area (Å²) in [6.07, 6.45) is 1.36. The summed E-state index contributed by atoms with van der Waals surface area (Å²) in [6, 6.07) is 0. The number of aliphatic hydroxyl groups is 1. The zero-order valence-corrected chi connectivity index (χ0v) is 10.0. The van der Waals surface area contributed by atoms with Gasteiger partial charge >= 0.3 is 0 Å². The zero-order valence-electron chi connectivity index (χ0n) is 8.39. The van der Waals surface area contributed by atoms with Gasteiger partial charge in [0.25, 0.3) is 0 Å². The Morgan fingerprint density at radius 3 is 3.13 bits per heavy atom. The summed E-state index contributed by atoms with van der Waals surface area (Å²) in [4.78, 5) is 4.35. The topological polar surface area (TPSA) is 59.2 Å². The molecule has 0 amide bonds. The number of hydrogen-bond acceptors (Lipinski definition) is 6. The number of thioether (sulfide) groups is 2. The van der Waals surface area contributed by atoms with E-state index in [1.165, 1.54) is 5.75 Å². The summed E-state index contributed by atoms with van der Waals surface area (Å²) in [5, 5.41) is 13.1. The lowest BCUT2D eigenvalue weighted by atomic mass is 10.3. The molecule has 0 radical (unpaired) electrons. The Hall–Kier alpha value is -0.200. The van der Waals surface area contributed by atoms with Crippen LogP contribution in [0.2, 0.25) is 0 Å². The molecular weight excluding hydrogens is 232 g/mol. The van der Waals surface area contributed by atoms with Crippen molar-refractivity contribution in [1.82, 2.24) is 10.1 Å². The first-order valence-corrected chi connectivity index (χ1v) is 7.23. The maximum absolute atomic E-state index is 8.69. The molecule has 15 heavy (non-hydrogen) atoms. The fourth-order valence-corrected chi connectivity index (χ4v) is 3.96. The van der Waals surface area contributed by atoms with Gasteiger partial charge in [0.05, 0.1) is 5.25 Å². The van der Waals surface area contributed by atoms with Crippen molar-refractivity contribution < 1.29 is 9.63 Å². The van der Waals surface area contributed by atoms with E-state index in [-0.39, 0.29) is 6.61 Å². The van der Waals surface area contributed by atoms with E-state index in [1.54, 1.807) is 0 Å². The molecule has 0 spiro atoms. The first-order chi connectivity index (χ1) is 7.40. The number of hydrogen-bond donors (Lipinski definition) is 1. The Bertz CT molecular complexity index is 300. The SMILES string of the molecule is OCCCc1nc(C2CSCCS2)no1. The molecule has 84 valence electrons. The van der Waals surface area contributed by atoms with Crippen LogP contribution in [0.15, 0.2) is 4.52 Å². The van der Waals surface area contributed by atoms with Gasteiger partial charge < -0.3 is 9.63 Å². The molecule has 6 heteroatoms. The summed E-state index contributed by atoms with van der Waals surface area (Å²) in [5.74, 6) is 4.92. The number of aliphatic hydroxyl groups excluding tert-OH is 1. The third-order valence-corrected chi connectivity index (χ3v) is 4.89. The second kappa shape index (κ2) is 5.77. The van der Waals surface area contributed by atoms with Gasteiger partial charge in [-0.15, -0.1) is 11.8 Å².